The lowest BCUT2D eigenvalue weighted by atomic mass is 10.1. The molecule has 33 heavy (non-hydrogen) atoms. The highest BCUT2D eigenvalue weighted by Crippen LogP contribution is 2.40. The third-order valence-corrected chi connectivity index (χ3v) is 7.50. The maximum atomic E-state index is 3.73. The molecule has 2 nitrogen and oxygen atoms in total. The number of rotatable bonds is 3. The summed E-state index contributed by atoms with van der Waals surface area (Å²) in [6, 6.07) is 41.1. The summed E-state index contributed by atoms with van der Waals surface area (Å²) < 4.78 is 4.98. The molecule has 0 spiro atoms. The van der Waals surface area contributed by atoms with E-state index in [1.54, 1.807) is 0 Å². The van der Waals surface area contributed by atoms with Crippen molar-refractivity contribution in [3.05, 3.63) is 115 Å². The standard InChI is InChI=1S/C30H20N2S/c1-2-9-21(10-3-1)32-26-14-6-4-11-22(26)24-19-20(17-18-27(24)32)31-25-13-8-16-29-30(25)23-12-5-7-15-28(23)33-29/h1-19,31H. The number of nitrogens with one attached hydrogen (secondary N) is 1. The molecule has 0 aliphatic carbocycles. The second kappa shape index (κ2) is 7.22. The van der Waals surface area contributed by atoms with Crippen molar-refractivity contribution in [2.75, 3.05) is 5.32 Å². The minimum atomic E-state index is 1.10. The van der Waals surface area contributed by atoms with Crippen LogP contribution in [0.5, 0.6) is 0 Å². The van der Waals surface area contributed by atoms with Crippen molar-refractivity contribution in [2.24, 2.45) is 0 Å². The van der Waals surface area contributed by atoms with Crippen molar-refractivity contribution < 1.29 is 0 Å². The summed E-state index contributed by atoms with van der Waals surface area (Å²) >= 11 is 1.85. The molecule has 0 atom stereocenters. The molecule has 156 valence electrons. The first-order chi connectivity index (χ1) is 16.4. The lowest BCUT2D eigenvalue weighted by molar-refractivity contribution is 1.18. The normalized spacial score (nSPS) is 11.6. The fourth-order valence-electron chi connectivity index (χ4n) is 4.94. The van der Waals surface area contributed by atoms with Gasteiger partial charge < -0.3 is 9.88 Å². The number of aromatic nitrogens is 1. The van der Waals surface area contributed by atoms with Gasteiger partial charge >= 0.3 is 0 Å². The average Bonchev–Trinajstić information content (AvgIpc) is 3.41. The Kier molecular flexibility index (Phi) is 4.05. The number of benzene rings is 5. The van der Waals surface area contributed by atoms with E-state index in [2.05, 4.69) is 125 Å². The summed E-state index contributed by atoms with van der Waals surface area (Å²) in [5.74, 6) is 0. The lowest BCUT2D eigenvalue weighted by Gasteiger charge is -2.10. The van der Waals surface area contributed by atoms with Crippen LogP contribution < -0.4 is 5.32 Å². The molecular formula is C30H20N2S. The first kappa shape index (κ1) is 18.5. The molecule has 1 N–H and O–H groups in total. The summed E-state index contributed by atoms with van der Waals surface area (Å²) in [6.07, 6.45) is 0. The van der Waals surface area contributed by atoms with Gasteiger partial charge in [0.05, 0.1) is 11.0 Å². The summed E-state index contributed by atoms with van der Waals surface area (Å²) in [6.45, 7) is 0. The molecule has 0 radical (unpaired) electrons. The highest BCUT2D eigenvalue weighted by atomic mass is 32.1. The third-order valence-electron chi connectivity index (χ3n) is 6.37. The quantitative estimate of drug-likeness (QED) is 0.290. The number of anilines is 2. The van der Waals surface area contributed by atoms with Gasteiger partial charge in [-0.2, -0.15) is 0 Å². The highest BCUT2D eigenvalue weighted by Gasteiger charge is 2.13. The number of hydrogen-bond donors (Lipinski definition) is 1. The van der Waals surface area contributed by atoms with Crippen LogP contribution in [-0.2, 0) is 0 Å². The predicted octanol–water partition coefficient (Wildman–Crippen LogP) is 8.90. The van der Waals surface area contributed by atoms with Gasteiger partial charge in [0.2, 0.25) is 0 Å². The van der Waals surface area contributed by atoms with E-state index >= 15 is 0 Å². The van der Waals surface area contributed by atoms with Gasteiger partial charge in [-0.25, -0.2) is 0 Å². The minimum absolute atomic E-state index is 1.10. The predicted molar refractivity (Wildman–Crippen MR) is 143 cm³/mol. The molecule has 7 rings (SSSR count). The minimum Gasteiger partial charge on any atom is -0.355 e. The zero-order chi connectivity index (χ0) is 21.8. The number of hydrogen-bond acceptors (Lipinski definition) is 2. The summed E-state index contributed by atoms with van der Waals surface area (Å²) in [5, 5.41) is 8.85. The first-order valence-corrected chi connectivity index (χ1v) is 11.9. The molecule has 0 saturated carbocycles. The molecule has 3 heteroatoms. The molecule has 0 aliphatic heterocycles. The average molecular weight is 441 g/mol. The first-order valence-electron chi connectivity index (χ1n) is 11.1. The van der Waals surface area contributed by atoms with Crippen molar-refractivity contribution in [1.29, 1.82) is 0 Å². The van der Waals surface area contributed by atoms with Gasteiger partial charge in [-0.1, -0.05) is 60.7 Å². The Morgan fingerprint density at radius 2 is 1.27 bits per heavy atom. The van der Waals surface area contributed by atoms with Gasteiger partial charge in [0.1, 0.15) is 0 Å². The van der Waals surface area contributed by atoms with Gasteiger partial charge in [0, 0.05) is 48.0 Å². The number of nitrogens with zero attached hydrogens (tertiary/aromatic N) is 1. The van der Waals surface area contributed by atoms with E-state index in [1.807, 2.05) is 11.3 Å². The smallest absolute Gasteiger partial charge is 0.0542 e. The van der Waals surface area contributed by atoms with E-state index in [-0.39, 0.29) is 0 Å². The fourth-order valence-corrected chi connectivity index (χ4v) is 6.07. The van der Waals surface area contributed by atoms with Crippen LogP contribution in [0.4, 0.5) is 11.4 Å². The summed E-state index contributed by atoms with van der Waals surface area (Å²) in [5.41, 5.74) is 5.87. The highest BCUT2D eigenvalue weighted by molar-refractivity contribution is 7.25. The second-order valence-electron chi connectivity index (χ2n) is 8.32. The summed E-state index contributed by atoms with van der Waals surface area (Å²) in [4.78, 5) is 0. The Morgan fingerprint density at radius 1 is 0.545 bits per heavy atom. The zero-order valence-corrected chi connectivity index (χ0v) is 18.6. The van der Waals surface area contributed by atoms with Crippen LogP contribution >= 0.6 is 11.3 Å². The molecule has 0 fully saturated rings. The van der Waals surface area contributed by atoms with Crippen LogP contribution in [0.1, 0.15) is 0 Å². The monoisotopic (exact) mass is 440 g/mol. The van der Waals surface area contributed by atoms with E-state index in [0.717, 1.165) is 11.4 Å². The van der Waals surface area contributed by atoms with Crippen LogP contribution in [0, 0.1) is 0 Å². The molecular weight excluding hydrogens is 420 g/mol. The van der Waals surface area contributed by atoms with Gasteiger partial charge in [0.15, 0.2) is 0 Å². The number of fused-ring (bicyclic) bond motifs is 6. The Balaban J connectivity index is 1.42. The van der Waals surface area contributed by atoms with Crippen molar-refractivity contribution >= 4 is 64.7 Å². The van der Waals surface area contributed by atoms with Crippen LogP contribution in [0.25, 0.3) is 47.7 Å². The molecule has 0 amide bonds. The third kappa shape index (κ3) is 2.86. The van der Waals surface area contributed by atoms with E-state index in [4.69, 9.17) is 0 Å². The number of thiophene rings is 1. The molecule has 7 aromatic rings. The number of para-hydroxylation sites is 2. The largest absolute Gasteiger partial charge is 0.355 e. The Morgan fingerprint density at radius 3 is 2.18 bits per heavy atom. The van der Waals surface area contributed by atoms with Crippen molar-refractivity contribution in [3.8, 4) is 5.69 Å². The second-order valence-corrected chi connectivity index (χ2v) is 9.41. The molecule has 5 aromatic carbocycles. The molecule has 0 bridgehead atoms. The molecule has 0 aliphatic rings. The molecule has 0 saturated heterocycles. The maximum absolute atomic E-state index is 3.73. The molecule has 0 unspecified atom stereocenters. The maximum Gasteiger partial charge on any atom is 0.0542 e. The summed E-state index contributed by atoms with van der Waals surface area (Å²) in [7, 11) is 0. The van der Waals surface area contributed by atoms with E-state index in [9.17, 15) is 0 Å². The van der Waals surface area contributed by atoms with Gasteiger partial charge in [0.25, 0.3) is 0 Å². The SMILES string of the molecule is c1ccc(-n2c3ccccc3c3cc(Nc4cccc5sc6ccccc6c45)ccc32)cc1. The van der Waals surface area contributed by atoms with E-state index in [0.29, 0.717) is 0 Å². The van der Waals surface area contributed by atoms with Crippen molar-refractivity contribution in [2.45, 2.75) is 0 Å². The van der Waals surface area contributed by atoms with Gasteiger partial charge in [-0.3, -0.25) is 0 Å². The van der Waals surface area contributed by atoms with Gasteiger partial charge in [-0.15, -0.1) is 11.3 Å². The van der Waals surface area contributed by atoms with Crippen molar-refractivity contribution in [3.63, 3.8) is 0 Å². The van der Waals surface area contributed by atoms with Crippen LogP contribution in [0.15, 0.2) is 115 Å². The zero-order valence-electron chi connectivity index (χ0n) is 17.8. The van der Waals surface area contributed by atoms with Crippen LogP contribution in [-0.4, -0.2) is 4.57 Å². The van der Waals surface area contributed by atoms with Gasteiger partial charge in [-0.05, 0) is 54.6 Å². The van der Waals surface area contributed by atoms with E-state index < -0.39 is 0 Å². The lowest BCUT2D eigenvalue weighted by Crippen LogP contribution is -1.94. The Bertz CT molecular complexity index is 1790. The Hall–Kier alpha value is -4.08. The van der Waals surface area contributed by atoms with Crippen LogP contribution in [0.2, 0.25) is 0 Å². The van der Waals surface area contributed by atoms with Crippen LogP contribution in [0.3, 0.4) is 0 Å². The molecule has 2 aromatic heterocycles. The topological polar surface area (TPSA) is 17.0 Å². The van der Waals surface area contributed by atoms with E-state index in [1.165, 1.54) is 47.7 Å². The Labute approximate surface area is 195 Å². The fraction of sp³-hybridized carbons (Fsp3) is 0. The molecule has 2 heterocycles. The van der Waals surface area contributed by atoms with Crippen molar-refractivity contribution in [1.82, 2.24) is 4.57 Å².